The van der Waals surface area contributed by atoms with Crippen LogP contribution < -0.4 is 0 Å². The Hall–Kier alpha value is -0.360. The SMILES string of the molecule is CCCCCCCCCC(CCCCCCC)C[SH](CC(=O)O)SCC(=O)O. The van der Waals surface area contributed by atoms with Crippen LogP contribution in [0, 0.1) is 5.92 Å². The van der Waals surface area contributed by atoms with Crippen molar-refractivity contribution < 1.29 is 19.8 Å². The maximum atomic E-state index is 11.2. The van der Waals surface area contributed by atoms with Gasteiger partial charge in [0.2, 0.25) is 0 Å². The van der Waals surface area contributed by atoms with Gasteiger partial charge < -0.3 is 10.2 Å². The smallest absolute Gasteiger partial charge is 0.314 e. The number of carbonyl (C=O) groups is 2. The molecule has 2 N–H and O–H groups in total. The van der Waals surface area contributed by atoms with Crippen LogP contribution in [-0.4, -0.2) is 39.4 Å². The second-order valence-corrected chi connectivity index (χ2v) is 12.4. The third-order valence-electron chi connectivity index (χ3n) is 5.08. The third kappa shape index (κ3) is 19.0. The largest absolute Gasteiger partial charge is 0.481 e. The Labute approximate surface area is 179 Å². The molecule has 0 fully saturated rings. The van der Waals surface area contributed by atoms with E-state index in [4.69, 9.17) is 5.11 Å². The maximum Gasteiger partial charge on any atom is 0.314 e. The fourth-order valence-corrected chi connectivity index (χ4v) is 7.80. The number of hydrogen-bond donors (Lipinski definition) is 3. The van der Waals surface area contributed by atoms with Gasteiger partial charge in [0, 0.05) is 0 Å². The molecule has 0 aliphatic rings. The van der Waals surface area contributed by atoms with E-state index < -0.39 is 21.9 Å². The number of thiol groups is 1. The van der Waals surface area contributed by atoms with Crippen LogP contribution in [-0.2, 0) is 9.59 Å². The molecule has 2 atom stereocenters. The summed E-state index contributed by atoms with van der Waals surface area (Å²) < 4.78 is 0. The van der Waals surface area contributed by atoms with Gasteiger partial charge in [-0.3, -0.25) is 9.59 Å². The molecule has 0 saturated carbocycles. The normalized spacial score (nSPS) is 14.0. The number of carboxylic acid groups (broad SMARTS) is 2. The van der Waals surface area contributed by atoms with Crippen molar-refractivity contribution in [2.45, 2.75) is 104 Å². The first kappa shape index (κ1) is 27.6. The van der Waals surface area contributed by atoms with E-state index in [1.165, 1.54) is 101 Å². The first-order valence-corrected chi connectivity index (χ1v) is 14.6. The highest BCUT2D eigenvalue weighted by Gasteiger charge is 2.18. The number of hydrogen-bond acceptors (Lipinski definition) is 3. The minimum absolute atomic E-state index is 0.0274. The van der Waals surface area contributed by atoms with Gasteiger partial charge in [0.15, 0.2) is 0 Å². The van der Waals surface area contributed by atoms with Crippen LogP contribution in [0.3, 0.4) is 0 Å². The number of carboxylic acids is 2. The highest BCUT2D eigenvalue weighted by molar-refractivity contribution is 8.85. The van der Waals surface area contributed by atoms with Crippen molar-refractivity contribution in [2.75, 3.05) is 17.3 Å². The highest BCUT2D eigenvalue weighted by atomic mass is 33.1. The molecule has 0 radical (unpaired) electrons. The van der Waals surface area contributed by atoms with Crippen molar-refractivity contribution in [1.29, 1.82) is 0 Å². The zero-order chi connectivity index (χ0) is 21.0. The monoisotopic (exact) mass is 436 g/mol. The molecule has 0 heterocycles. The van der Waals surface area contributed by atoms with E-state index in [-0.39, 0.29) is 11.5 Å². The molecule has 2 unspecified atom stereocenters. The Kier molecular flexibility index (Phi) is 19.7. The van der Waals surface area contributed by atoms with Crippen LogP contribution in [0.1, 0.15) is 104 Å². The summed E-state index contributed by atoms with van der Waals surface area (Å²) in [5, 5.41) is 18.2. The fraction of sp³-hybridized carbons (Fsp3) is 0.909. The number of aliphatic carboxylic acids is 2. The molecule has 0 aromatic heterocycles. The summed E-state index contributed by atoms with van der Waals surface area (Å²) in [4.78, 5) is 22.1. The van der Waals surface area contributed by atoms with Gasteiger partial charge in [-0.2, -0.15) is 9.93 Å². The van der Waals surface area contributed by atoms with Crippen LogP contribution >= 0.6 is 20.7 Å². The molecule has 0 aromatic carbocycles. The number of rotatable bonds is 21. The highest BCUT2D eigenvalue weighted by Crippen LogP contribution is 2.43. The van der Waals surface area contributed by atoms with Crippen molar-refractivity contribution >= 4 is 32.7 Å². The lowest BCUT2D eigenvalue weighted by molar-refractivity contribution is -0.135. The lowest BCUT2D eigenvalue weighted by Crippen LogP contribution is -2.13. The number of unbranched alkanes of at least 4 members (excludes halogenated alkanes) is 10. The molecule has 0 aromatic rings. The van der Waals surface area contributed by atoms with Crippen LogP contribution in [0.15, 0.2) is 0 Å². The molecule has 0 amide bonds. The minimum Gasteiger partial charge on any atom is -0.481 e. The summed E-state index contributed by atoms with van der Waals surface area (Å²) in [6.45, 7) is 4.46. The van der Waals surface area contributed by atoms with E-state index in [2.05, 4.69) is 13.8 Å². The molecule has 28 heavy (non-hydrogen) atoms. The summed E-state index contributed by atoms with van der Waals surface area (Å²) in [6.07, 6.45) is 17.8. The summed E-state index contributed by atoms with van der Waals surface area (Å²) in [7, 11) is 0.575. The van der Waals surface area contributed by atoms with E-state index in [0.717, 1.165) is 5.75 Å². The van der Waals surface area contributed by atoms with Crippen LogP contribution in [0.5, 0.6) is 0 Å². The second-order valence-electron chi connectivity index (χ2n) is 7.86. The first-order valence-electron chi connectivity index (χ1n) is 11.3. The van der Waals surface area contributed by atoms with Crippen molar-refractivity contribution in [2.24, 2.45) is 5.92 Å². The van der Waals surface area contributed by atoms with E-state index in [1.54, 1.807) is 0 Å². The van der Waals surface area contributed by atoms with Crippen molar-refractivity contribution in [3.63, 3.8) is 0 Å². The van der Waals surface area contributed by atoms with Gasteiger partial charge in [0.1, 0.15) is 0 Å². The maximum absolute atomic E-state index is 11.2. The van der Waals surface area contributed by atoms with Crippen LogP contribution in [0.2, 0.25) is 0 Å². The van der Waals surface area contributed by atoms with E-state index in [9.17, 15) is 14.7 Å². The van der Waals surface area contributed by atoms with E-state index in [0.29, 0.717) is 5.92 Å². The van der Waals surface area contributed by atoms with Gasteiger partial charge in [-0.1, -0.05) is 90.9 Å². The second kappa shape index (κ2) is 19.9. The Bertz CT molecular complexity index is 391. The Morgan fingerprint density at radius 2 is 1.21 bits per heavy atom. The molecule has 168 valence electrons. The van der Waals surface area contributed by atoms with Gasteiger partial charge >= 0.3 is 11.9 Å². The molecule has 0 spiro atoms. The fourth-order valence-electron chi connectivity index (χ4n) is 3.50. The van der Waals surface area contributed by atoms with Gasteiger partial charge in [-0.05, 0) is 24.5 Å². The van der Waals surface area contributed by atoms with E-state index in [1.807, 2.05) is 0 Å². The average Bonchev–Trinajstić information content (AvgIpc) is 2.64. The topological polar surface area (TPSA) is 74.6 Å². The molecule has 0 bridgehead atoms. The summed E-state index contributed by atoms with van der Waals surface area (Å²) in [5.41, 5.74) is 0. The summed E-state index contributed by atoms with van der Waals surface area (Å²) in [5.74, 6) is -0.00357. The van der Waals surface area contributed by atoms with Crippen molar-refractivity contribution in [3.05, 3.63) is 0 Å². The van der Waals surface area contributed by atoms with Gasteiger partial charge in [-0.15, -0.1) is 10.8 Å². The molecule has 6 heteroatoms. The first-order chi connectivity index (χ1) is 13.5. The molecule has 0 aliphatic carbocycles. The minimum atomic E-state index is -0.842. The van der Waals surface area contributed by atoms with Gasteiger partial charge in [-0.25, -0.2) is 0 Å². The molecule has 0 aliphatic heterocycles. The standard InChI is InChI=1S/C22H44O4S2/c1-3-5-7-9-10-12-14-16-20(15-13-11-8-6-4-2)18-28(19-22(25)26)27-17-21(23)24/h20,28H,3-19H2,1-2H3,(H,23,24)(H,25,26). The third-order valence-corrected chi connectivity index (χ3v) is 9.68. The zero-order valence-electron chi connectivity index (χ0n) is 18.2. The molecular weight excluding hydrogens is 392 g/mol. The Morgan fingerprint density at radius 3 is 1.64 bits per heavy atom. The lowest BCUT2D eigenvalue weighted by Gasteiger charge is -2.25. The van der Waals surface area contributed by atoms with Gasteiger partial charge in [0.25, 0.3) is 0 Å². The zero-order valence-corrected chi connectivity index (χ0v) is 19.9. The quantitative estimate of drug-likeness (QED) is 0.103. The Balaban J connectivity index is 4.42. The Morgan fingerprint density at radius 1 is 0.750 bits per heavy atom. The van der Waals surface area contributed by atoms with Crippen molar-refractivity contribution in [1.82, 2.24) is 0 Å². The van der Waals surface area contributed by atoms with Crippen molar-refractivity contribution in [3.8, 4) is 0 Å². The van der Waals surface area contributed by atoms with Gasteiger partial charge in [0.05, 0.1) is 11.5 Å². The molecule has 4 nitrogen and oxygen atoms in total. The molecular formula is C22H44O4S2. The molecule has 0 saturated heterocycles. The molecule has 0 rings (SSSR count). The summed E-state index contributed by atoms with van der Waals surface area (Å²) in [6, 6.07) is 0. The average molecular weight is 437 g/mol. The lowest BCUT2D eigenvalue weighted by atomic mass is 9.95. The van der Waals surface area contributed by atoms with Crippen LogP contribution in [0.25, 0.3) is 0 Å². The van der Waals surface area contributed by atoms with Crippen LogP contribution in [0.4, 0.5) is 0 Å². The predicted molar refractivity (Wildman–Crippen MR) is 126 cm³/mol. The van der Waals surface area contributed by atoms with E-state index >= 15 is 0 Å². The summed E-state index contributed by atoms with van der Waals surface area (Å²) >= 11 is 0. The predicted octanol–water partition coefficient (Wildman–Crippen LogP) is 6.92.